The molecule has 3 heterocycles. The molecule has 0 amide bonds. The molecule has 3 aromatic heterocycles. The van der Waals surface area contributed by atoms with Gasteiger partial charge in [0.25, 0.3) is 0 Å². The van der Waals surface area contributed by atoms with Crippen molar-refractivity contribution in [2.24, 2.45) is 0 Å². The van der Waals surface area contributed by atoms with Gasteiger partial charge >= 0.3 is 0 Å². The van der Waals surface area contributed by atoms with Crippen LogP contribution in [-0.2, 0) is 0 Å². The van der Waals surface area contributed by atoms with Gasteiger partial charge in [-0.25, -0.2) is 0 Å². The van der Waals surface area contributed by atoms with Gasteiger partial charge in [0.05, 0.1) is 11.9 Å². The topological polar surface area (TPSA) is 69.1 Å². The van der Waals surface area contributed by atoms with Gasteiger partial charge in [-0.1, -0.05) is 0 Å². The van der Waals surface area contributed by atoms with Gasteiger partial charge in [0, 0.05) is 6.20 Å². The largest absolute Gasteiger partial charge is 0.397 e. The number of aromatic nitrogens is 4. The summed E-state index contributed by atoms with van der Waals surface area (Å²) in [4.78, 5) is 4.24. The van der Waals surface area contributed by atoms with E-state index in [-0.39, 0.29) is 0 Å². The van der Waals surface area contributed by atoms with Crippen LogP contribution in [0.15, 0.2) is 36.7 Å². The second-order valence-electron chi connectivity index (χ2n) is 3.93. The van der Waals surface area contributed by atoms with Crippen molar-refractivity contribution in [3.05, 3.63) is 42.2 Å². The van der Waals surface area contributed by atoms with Crippen LogP contribution in [0.4, 0.5) is 5.69 Å². The molecule has 84 valence electrons. The number of anilines is 1. The molecule has 3 rings (SSSR count). The molecule has 0 atom stereocenters. The first kappa shape index (κ1) is 9.77. The van der Waals surface area contributed by atoms with Crippen molar-refractivity contribution in [1.29, 1.82) is 0 Å². The second kappa shape index (κ2) is 3.55. The van der Waals surface area contributed by atoms with E-state index >= 15 is 0 Å². The summed E-state index contributed by atoms with van der Waals surface area (Å²) < 4.78 is 1.91. The molecule has 0 saturated carbocycles. The number of hydrogen-bond donors (Lipinski definition) is 1. The lowest BCUT2D eigenvalue weighted by molar-refractivity contribution is 1.09. The van der Waals surface area contributed by atoms with Gasteiger partial charge in [-0.05, 0) is 36.8 Å². The van der Waals surface area contributed by atoms with Crippen LogP contribution in [0.3, 0.4) is 0 Å². The highest BCUT2D eigenvalue weighted by molar-refractivity contribution is 5.57. The summed E-state index contributed by atoms with van der Waals surface area (Å²) in [5.41, 5.74) is 8.98. The summed E-state index contributed by atoms with van der Waals surface area (Å²) in [5.74, 6) is 0.722. The Morgan fingerprint density at radius 3 is 2.82 bits per heavy atom. The van der Waals surface area contributed by atoms with Crippen LogP contribution < -0.4 is 5.73 Å². The van der Waals surface area contributed by atoms with Crippen molar-refractivity contribution in [3.8, 4) is 11.5 Å². The molecule has 0 aliphatic carbocycles. The third-order valence-electron chi connectivity index (χ3n) is 2.58. The maximum absolute atomic E-state index is 5.61. The van der Waals surface area contributed by atoms with Gasteiger partial charge in [-0.3, -0.25) is 9.38 Å². The molecule has 5 heteroatoms. The van der Waals surface area contributed by atoms with Gasteiger partial charge in [0.1, 0.15) is 5.69 Å². The number of pyridine rings is 2. The van der Waals surface area contributed by atoms with Gasteiger partial charge in [-0.15, -0.1) is 10.2 Å². The minimum Gasteiger partial charge on any atom is -0.397 e. The van der Waals surface area contributed by atoms with Crippen molar-refractivity contribution in [2.75, 3.05) is 5.73 Å². The highest BCUT2D eigenvalue weighted by Crippen LogP contribution is 2.17. The number of fused-ring (bicyclic) bond motifs is 1. The van der Waals surface area contributed by atoms with E-state index in [9.17, 15) is 0 Å². The maximum Gasteiger partial charge on any atom is 0.186 e. The molecular formula is C12H11N5. The minimum atomic E-state index is 0.637. The predicted molar refractivity (Wildman–Crippen MR) is 65.4 cm³/mol. The quantitative estimate of drug-likeness (QED) is 0.684. The van der Waals surface area contributed by atoms with Crippen LogP contribution in [0.5, 0.6) is 0 Å². The van der Waals surface area contributed by atoms with Crippen molar-refractivity contribution in [1.82, 2.24) is 19.6 Å². The Labute approximate surface area is 97.9 Å². The van der Waals surface area contributed by atoms with Gasteiger partial charge in [0.2, 0.25) is 0 Å². The van der Waals surface area contributed by atoms with E-state index in [1.165, 1.54) is 0 Å². The number of nitrogens with zero attached hydrogens (tertiary/aromatic N) is 4. The highest BCUT2D eigenvalue weighted by atomic mass is 15.2. The molecule has 2 N–H and O–H groups in total. The molecule has 3 aromatic rings. The van der Waals surface area contributed by atoms with Crippen LogP contribution in [0, 0.1) is 6.92 Å². The molecule has 0 aliphatic heterocycles. The van der Waals surface area contributed by atoms with Crippen LogP contribution in [0.25, 0.3) is 17.2 Å². The summed E-state index contributed by atoms with van der Waals surface area (Å²) in [6.45, 7) is 2.02. The highest BCUT2D eigenvalue weighted by Gasteiger charge is 2.08. The monoisotopic (exact) mass is 225 g/mol. The van der Waals surface area contributed by atoms with E-state index in [0.717, 1.165) is 22.7 Å². The molecule has 0 fully saturated rings. The fourth-order valence-electron chi connectivity index (χ4n) is 1.70. The predicted octanol–water partition coefficient (Wildman–Crippen LogP) is 1.68. The van der Waals surface area contributed by atoms with Crippen molar-refractivity contribution < 1.29 is 0 Å². The van der Waals surface area contributed by atoms with E-state index < -0.39 is 0 Å². The number of nitrogen functional groups attached to an aromatic ring is 1. The van der Waals surface area contributed by atoms with Crippen molar-refractivity contribution >= 4 is 11.3 Å². The van der Waals surface area contributed by atoms with Crippen LogP contribution in [-0.4, -0.2) is 19.6 Å². The first-order valence-corrected chi connectivity index (χ1v) is 5.27. The molecule has 17 heavy (non-hydrogen) atoms. The molecule has 0 spiro atoms. The van der Waals surface area contributed by atoms with E-state index in [1.54, 1.807) is 12.3 Å². The standard InChI is InChI=1S/C12H11N5/c1-8-4-5-17-11(6-8)15-16-12(17)10-3-2-9(13)7-14-10/h2-7H,13H2,1H3. The zero-order chi connectivity index (χ0) is 11.8. The van der Waals surface area contributed by atoms with Crippen LogP contribution in [0.2, 0.25) is 0 Å². The Hall–Kier alpha value is -2.43. The fourth-order valence-corrected chi connectivity index (χ4v) is 1.70. The lowest BCUT2D eigenvalue weighted by Crippen LogP contribution is -1.93. The first-order chi connectivity index (χ1) is 8.24. The number of aryl methyl sites for hydroxylation is 1. The Morgan fingerprint density at radius 2 is 2.06 bits per heavy atom. The first-order valence-electron chi connectivity index (χ1n) is 5.27. The van der Waals surface area contributed by atoms with Crippen LogP contribution >= 0.6 is 0 Å². The van der Waals surface area contributed by atoms with Crippen molar-refractivity contribution in [2.45, 2.75) is 6.92 Å². The average Bonchev–Trinajstić information content (AvgIpc) is 2.73. The lowest BCUT2D eigenvalue weighted by atomic mass is 10.3. The zero-order valence-corrected chi connectivity index (χ0v) is 9.33. The molecule has 0 unspecified atom stereocenters. The summed E-state index contributed by atoms with van der Waals surface area (Å²) >= 11 is 0. The van der Waals surface area contributed by atoms with E-state index in [2.05, 4.69) is 15.2 Å². The third-order valence-corrected chi connectivity index (χ3v) is 2.58. The summed E-state index contributed by atoms with van der Waals surface area (Å²) in [5, 5.41) is 8.27. The normalized spacial score (nSPS) is 10.9. The summed E-state index contributed by atoms with van der Waals surface area (Å²) in [6, 6.07) is 7.63. The Morgan fingerprint density at radius 1 is 1.18 bits per heavy atom. The van der Waals surface area contributed by atoms with Crippen LogP contribution in [0.1, 0.15) is 5.56 Å². The Kier molecular flexibility index (Phi) is 2.04. The maximum atomic E-state index is 5.61. The van der Waals surface area contributed by atoms with E-state index in [0.29, 0.717) is 5.69 Å². The van der Waals surface area contributed by atoms with Gasteiger partial charge < -0.3 is 5.73 Å². The molecule has 0 aromatic carbocycles. The summed E-state index contributed by atoms with van der Waals surface area (Å²) in [7, 11) is 0. The summed E-state index contributed by atoms with van der Waals surface area (Å²) in [6.07, 6.45) is 3.56. The third kappa shape index (κ3) is 1.61. The second-order valence-corrected chi connectivity index (χ2v) is 3.93. The number of rotatable bonds is 1. The fraction of sp³-hybridized carbons (Fsp3) is 0.0833. The zero-order valence-electron chi connectivity index (χ0n) is 9.33. The molecule has 0 saturated heterocycles. The average molecular weight is 225 g/mol. The molecule has 0 aliphatic rings. The molecule has 5 nitrogen and oxygen atoms in total. The van der Waals surface area contributed by atoms with E-state index in [4.69, 9.17) is 5.73 Å². The van der Waals surface area contributed by atoms with Gasteiger partial charge in [0.15, 0.2) is 11.5 Å². The molecule has 0 radical (unpaired) electrons. The smallest absolute Gasteiger partial charge is 0.186 e. The van der Waals surface area contributed by atoms with E-state index in [1.807, 2.05) is 35.7 Å². The minimum absolute atomic E-state index is 0.637. The molecule has 0 bridgehead atoms. The lowest BCUT2D eigenvalue weighted by Gasteiger charge is -2.00. The Balaban J connectivity index is 2.21. The van der Waals surface area contributed by atoms with Gasteiger partial charge in [-0.2, -0.15) is 0 Å². The number of nitrogens with two attached hydrogens (primary N) is 1. The number of hydrogen-bond acceptors (Lipinski definition) is 4. The van der Waals surface area contributed by atoms with Crippen molar-refractivity contribution in [3.63, 3.8) is 0 Å². The molecular weight excluding hydrogens is 214 g/mol. The Bertz CT molecular complexity index is 669. The SMILES string of the molecule is Cc1ccn2c(-c3ccc(N)cn3)nnc2c1.